The highest BCUT2D eigenvalue weighted by atomic mass is 16.1. The largest absolute Gasteiger partial charge is 0.361 e. The number of carbonyl (C=O) groups excluding carboxylic acids is 1. The van der Waals surface area contributed by atoms with E-state index in [0.717, 1.165) is 0 Å². The second-order valence-electron chi connectivity index (χ2n) is 2.20. The molecular formula is C6H7N3O. The minimum Gasteiger partial charge on any atom is -0.361 e. The fraction of sp³-hybridized carbons (Fsp3) is 0.333. The molecule has 0 radical (unpaired) electrons. The predicted octanol–water partition coefficient (Wildman–Crippen LogP) is -0.241. The molecule has 0 fully saturated rings. The number of hydrogen-bond donors (Lipinski definition) is 1. The molecule has 0 amide bonds. The molecule has 4 nitrogen and oxygen atoms in total. The topological polar surface area (TPSA) is 56.1 Å². The molecular weight excluding hydrogens is 130 g/mol. The molecule has 0 aliphatic carbocycles. The molecule has 10 heavy (non-hydrogen) atoms. The van der Waals surface area contributed by atoms with Crippen LogP contribution in [0, 0.1) is 11.5 Å². The van der Waals surface area contributed by atoms with Gasteiger partial charge in [0.15, 0.2) is 18.1 Å². The van der Waals surface area contributed by atoms with E-state index in [1.54, 1.807) is 13.1 Å². The van der Waals surface area contributed by atoms with Crippen LogP contribution in [0.4, 0.5) is 0 Å². The first kappa shape index (κ1) is 6.62. The second kappa shape index (κ2) is 2.03. The molecule has 1 aliphatic heterocycles. The molecule has 0 aromatic rings. The van der Waals surface area contributed by atoms with E-state index < -0.39 is 5.66 Å². The van der Waals surface area contributed by atoms with Crippen molar-refractivity contribution >= 4 is 6.29 Å². The Balaban J connectivity index is 2.84. The molecule has 4 heteroatoms. The maximum absolute atomic E-state index is 10.4. The lowest BCUT2D eigenvalue weighted by Gasteiger charge is -2.23. The van der Waals surface area contributed by atoms with E-state index in [0.29, 0.717) is 6.29 Å². The van der Waals surface area contributed by atoms with E-state index in [9.17, 15) is 4.79 Å². The molecule has 52 valence electrons. The highest BCUT2D eigenvalue weighted by Gasteiger charge is 2.31. The van der Waals surface area contributed by atoms with Crippen molar-refractivity contribution in [2.75, 3.05) is 0 Å². The van der Waals surface area contributed by atoms with Gasteiger partial charge in [-0.15, -0.1) is 0 Å². The summed E-state index contributed by atoms with van der Waals surface area (Å²) in [5.41, 5.74) is -0.866. The lowest BCUT2D eigenvalue weighted by molar-refractivity contribution is -0.115. The molecule has 1 N–H and O–H groups in total. The summed E-state index contributed by atoms with van der Waals surface area (Å²) in [5.74, 6) is 0. The first-order chi connectivity index (χ1) is 4.73. The first-order valence-electron chi connectivity index (χ1n) is 2.83. The first-order valence-corrected chi connectivity index (χ1v) is 2.83. The van der Waals surface area contributed by atoms with Crippen LogP contribution in [0.3, 0.4) is 0 Å². The molecule has 0 saturated heterocycles. The van der Waals surface area contributed by atoms with Crippen LogP contribution >= 0.6 is 0 Å². The Morgan fingerprint density at radius 3 is 3.00 bits per heavy atom. The minimum absolute atomic E-state index is 0.691. The molecule has 1 aliphatic rings. The fourth-order valence-corrected chi connectivity index (χ4v) is 0.733. The van der Waals surface area contributed by atoms with Crippen LogP contribution in [0.25, 0.3) is 0 Å². The third-order valence-electron chi connectivity index (χ3n) is 1.44. The molecule has 0 aromatic heterocycles. The number of carbonyl (C=O) groups is 1. The van der Waals surface area contributed by atoms with Crippen molar-refractivity contribution in [1.29, 1.82) is 5.26 Å². The number of aldehydes is 1. The van der Waals surface area contributed by atoms with Crippen molar-refractivity contribution in [2.24, 2.45) is 0 Å². The normalized spacial score (nSPS) is 29.4. The van der Waals surface area contributed by atoms with Gasteiger partial charge in [0, 0.05) is 12.4 Å². The van der Waals surface area contributed by atoms with Crippen LogP contribution in [0.15, 0.2) is 12.4 Å². The van der Waals surface area contributed by atoms with Crippen LogP contribution < -0.4 is 5.32 Å². The Labute approximate surface area is 58.7 Å². The quantitative estimate of drug-likeness (QED) is 0.400. The van der Waals surface area contributed by atoms with E-state index in [2.05, 4.69) is 5.32 Å². The van der Waals surface area contributed by atoms with Gasteiger partial charge < -0.3 is 5.32 Å². The lowest BCUT2D eigenvalue weighted by atomic mass is 10.2. The summed E-state index contributed by atoms with van der Waals surface area (Å²) in [6.07, 6.45) is 5.64. The average molecular weight is 137 g/mol. The monoisotopic (exact) mass is 137 g/mol. The number of nitrogens with zero attached hydrogens (tertiary/aromatic N) is 2. The summed E-state index contributed by atoms with van der Waals surface area (Å²) in [5, 5.41) is 11.2. The van der Waals surface area contributed by atoms with Gasteiger partial charge in [-0.05, 0) is 6.92 Å². The zero-order valence-corrected chi connectivity index (χ0v) is 5.53. The Morgan fingerprint density at radius 2 is 2.60 bits per heavy atom. The third kappa shape index (κ3) is 0.722. The van der Waals surface area contributed by atoms with Crippen LogP contribution in [-0.4, -0.2) is 16.8 Å². The van der Waals surface area contributed by atoms with Gasteiger partial charge >= 0.3 is 0 Å². The fourth-order valence-electron chi connectivity index (χ4n) is 0.733. The summed E-state index contributed by atoms with van der Waals surface area (Å²) >= 11 is 0. The van der Waals surface area contributed by atoms with Crippen molar-refractivity contribution in [3.05, 3.63) is 12.4 Å². The SMILES string of the molecule is CC1(C=O)NC=CN1C#N. The molecule has 1 rings (SSSR count). The summed E-state index contributed by atoms with van der Waals surface area (Å²) in [7, 11) is 0. The molecule has 1 unspecified atom stereocenters. The third-order valence-corrected chi connectivity index (χ3v) is 1.44. The number of hydrogen-bond acceptors (Lipinski definition) is 4. The standard InChI is InChI=1S/C6H7N3O/c1-6(4-10)8-2-3-9(6)5-7/h2-4,8H,1H3. The molecule has 1 heterocycles. The summed E-state index contributed by atoms with van der Waals surface area (Å²) in [4.78, 5) is 11.7. The second-order valence-corrected chi connectivity index (χ2v) is 2.20. The van der Waals surface area contributed by atoms with Gasteiger partial charge in [-0.3, -0.25) is 9.69 Å². The van der Waals surface area contributed by atoms with Crippen LogP contribution in [-0.2, 0) is 4.79 Å². The minimum atomic E-state index is -0.866. The maximum Gasteiger partial charge on any atom is 0.186 e. The van der Waals surface area contributed by atoms with E-state index in [1.165, 1.54) is 11.1 Å². The Bertz CT molecular complexity index is 218. The van der Waals surface area contributed by atoms with Crippen LogP contribution in [0.5, 0.6) is 0 Å². The number of rotatable bonds is 1. The van der Waals surface area contributed by atoms with Gasteiger partial charge in [0.1, 0.15) is 0 Å². The molecule has 0 bridgehead atoms. The summed E-state index contributed by atoms with van der Waals surface area (Å²) < 4.78 is 0. The predicted molar refractivity (Wildman–Crippen MR) is 34.2 cm³/mol. The molecule has 1 atom stereocenters. The van der Waals surface area contributed by atoms with E-state index in [-0.39, 0.29) is 0 Å². The van der Waals surface area contributed by atoms with Crippen molar-refractivity contribution in [2.45, 2.75) is 12.6 Å². The summed E-state index contributed by atoms with van der Waals surface area (Å²) in [6.45, 7) is 1.63. The van der Waals surface area contributed by atoms with E-state index in [4.69, 9.17) is 5.26 Å². The van der Waals surface area contributed by atoms with Crippen molar-refractivity contribution < 1.29 is 4.79 Å². The van der Waals surface area contributed by atoms with Crippen molar-refractivity contribution in [3.8, 4) is 6.19 Å². The Kier molecular flexibility index (Phi) is 1.34. The van der Waals surface area contributed by atoms with Crippen molar-refractivity contribution in [1.82, 2.24) is 10.2 Å². The highest BCUT2D eigenvalue weighted by Crippen LogP contribution is 2.12. The Morgan fingerprint density at radius 1 is 1.90 bits per heavy atom. The smallest absolute Gasteiger partial charge is 0.186 e. The average Bonchev–Trinajstić information content (AvgIpc) is 2.32. The molecule has 0 saturated carbocycles. The zero-order chi connectivity index (χ0) is 7.61. The maximum atomic E-state index is 10.4. The van der Waals surface area contributed by atoms with Gasteiger partial charge in [-0.1, -0.05) is 0 Å². The Hall–Kier alpha value is -1.50. The zero-order valence-electron chi connectivity index (χ0n) is 5.53. The van der Waals surface area contributed by atoms with Gasteiger partial charge in [0.25, 0.3) is 0 Å². The van der Waals surface area contributed by atoms with Gasteiger partial charge in [-0.25, -0.2) is 0 Å². The molecule has 0 aromatic carbocycles. The van der Waals surface area contributed by atoms with E-state index in [1.807, 2.05) is 6.19 Å². The summed E-state index contributed by atoms with van der Waals surface area (Å²) in [6, 6.07) is 0. The lowest BCUT2D eigenvalue weighted by Crippen LogP contribution is -2.47. The van der Waals surface area contributed by atoms with E-state index >= 15 is 0 Å². The van der Waals surface area contributed by atoms with Gasteiger partial charge in [-0.2, -0.15) is 5.26 Å². The van der Waals surface area contributed by atoms with Crippen LogP contribution in [0.1, 0.15) is 6.92 Å². The number of nitriles is 1. The molecule has 0 spiro atoms. The van der Waals surface area contributed by atoms with Crippen molar-refractivity contribution in [3.63, 3.8) is 0 Å². The highest BCUT2D eigenvalue weighted by molar-refractivity contribution is 5.64. The van der Waals surface area contributed by atoms with Crippen LogP contribution in [0.2, 0.25) is 0 Å². The number of nitrogens with one attached hydrogen (secondary N) is 1. The van der Waals surface area contributed by atoms with Gasteiger partial charge in [0.2, 0.25) is 0 Å². The van der Waals surface area contributed by atoms with Gasteiger partial charge in [0.05, 0.1) is 0 Å².